The predicted molar refractivity (Wildman–Crippen MR) is 57.6 cm³/mol. The lowest BCUT2D eigenvalue weighted by Gasteiger charge is -2.27. The Balaban J connectivity index is 3.06. The third-order valence-corrected chi connectivity index (χ3v) is 2.48. The molecule has 1 N–H and O–H groups in total. The Morgan fingerprint density at radius 3 is 2.47 bits per heavy atom. The highest BCUT2D eigenvalue weighted by molar-refractivity contribution is 5.81. The Morgan fingerprint density at radius 1 is 1.42 bits per heavy atom. The molecule has 0 aliphatic rings. The molecule has 0 amide bonds. The molecule has 0 saturated heterocycles. The summed E-state index contributed by atoms with van der Waals surface area (Å²) in [5.74, 6) is -1.61. The second kappa shape index (κ2) is 5.52. The van der Waals surface area contributed by atoms with Gasteiger partial charge in [-0.05, 0) is 19.1 Å². The Kier molecular flexibility index (Phi) is 4.46. The summed E-state index contributed by atoms with van der Waals surface area (Å²) in [7, 11) is 1.04. The summed E-state index contributed by atoms with van der Waals surface area (Å²) >= 11 is 0. The lowest BCUT2D eigenvalue weighted by molar-refractivity contribution is -0.153. The highest BCUT2D eigenvalue weighted by atomic mass is 19.4. The van der Waals surface area contributed by atoms with Crippen molar-refractivity contribution >= 4 is 5.97 Å². The summed E-state index contributed by atoms with van der Waals surface area (Å²) in [5, 5.41) is 2.04. The number of rotatable bonds is 4. The van der Waals surface area contributed by atoms with E-state index in [1.165, 1.54) is 6.92 Å². The number of carbonyl (C=O) groups is 1. The highest BCUT2D eigenvalue weighted by Crippen LogP contribution is 2.23. The number of hydrogen-bond donors (Lipinski definition) is 1. The smallest absolute Gasteiger partial charge is 0.401 e. The predicted octanol–water partition coefficient (Wildman–Crippen LogP) is 1.76. The zero-order valence-electron chi connectivity index (χ0n) is 10.2. The van der Waals surface area contributed by atoms with E-state index >= 15 is 0 Å². The van der Waals surface area contributed by atoms with Gasteiger partial charge < -0.3 is 4.74 Å². The molecule has 1 rings (SSSR count). The molecule has 0 radical (unpaired) electrons. The zero-order chi connectivity index (χ0) is 14.7. The quantitative estimate of drug-likeness (QED) is 0.674. The van der Waals surface area contributed by atoms with Crippen LogP contribution >= 0.6 is 0 Å². The summed E-state index contributed by atoms with van der Waals surface area (Å²) in [6.07, 6.45) is -3.69. The van der Waals surface area contributed by atoms with Crippen LogP contribution in [-0.2, 0) is 15.1 Å². The first-order chi connectivity index (χ1) is 8.69. The molecular formula is C11H12F4N2O2. The summed E-state index contributed by atoms with van der Waals surface area (Å²) in [6, 6.07) is 2.12. The van der Waals surface area contributed by atoms with E-state index in [0.717, 1.165) is 25.4 Å². The number of carbonyl (C=O) groups excluding carboxylic acids is 1. The second-order valence-electron chi connectivity index (χ2n) is 3.95. The van der Waals surface area contributed by atoms with Crippen molar-refractivity contribution in [1.29, 1.82) is 0 Å². The number of hydrogen-bond acceptors (Lipinski definition) is 4. The van der Waals surface area contributed by atoms with E-state index in [0.29, 0.717) is 0 Å². The Bertz CT molecular complexity index is 447. The molecule has 0 bridgehead atoms. The number of ether oxygens (including phenoxy) is 1. The molecule has 1 unspecified atom stereocenters. The van der Waals surface area contributed by atoms with Crippen LogP contribution in [0, 0.1) is 5.82 Å². The van der Waals surface area contributed by atoms with Gasteiger partial charge in [0.05, 0.1) is 25.5 Å². The monoisotopic (exact) mass is 280 g/mol. The SMILES string of the molecule is COC(=O)C(C)(NCC(F)(F)F)c1ccc(F)cn1. The van der Waals surface area contributed by atoms with Crippen molar-refractivity contribution < 1.29 is 27.1 Å². The number of halogens is 4. The first-order valence-electron chi connectivity index (χ1n) is 5.21. The third-order valence-electron chi connectivity index (χ3n) is 2.48. The maximum atomic E-state index is 12.8. The Morgan fingerprint density at radius 2 is 2.05 bits per heavy atom. The average Bonchev–Trinajstić information content (AvgIpc) is 2.35. The van der Waals surface area contributed by atoms with Crippen molar-refractivity contribution in [2.24, 2.45) is 0 Å². The van der Waals surface area contributed by atoms with Crippen LogP contribution in [0.4, 0.5) is 17.6 Å². The molecule has 0 aromatic carbocycles. The molecular weight excluding hydrogens is 268 g/mol. The van der Waals surface area contributed by atoms with Crippen LogP contribution in [0.3, 0.4) is 0 Å². The summed E-state index contributed by atoms with van der Waals surface area (Å²) in [5.41, 5.74) is -1.87. The van der Waals surface area contributed by atoms with Crippen molar-refractivity contribution in [3.63, 3.8) is 0 Å². The molecule has 0 spiro atoms. The van der Waals surface area contributed by atoms with E-state index in [1.807, 2.05) is 5.32 Å². The van der Waals surface area contributed by atoms with Gasteiger partial charge in [-0.2, -0.15) is 13.2 Å². The number of aromatic nitrogens is 1. The maximum Gasteiger partial charge on any atom is 0.401 e. The van der Waals surface area contributed by atoms with Crippen LogP contribution < -0.4 is 5.32 Å². The van der Waals surface area contributed by atoms with Gasteiger partial charge in [-0.25, -0.2) is 9.18 Å². The van der Waals surface area contributed by atoms with Crippen molar-refractivity contribution in [1.82, 2.24) is 10.3 Å². The Hall–Kier alpha value is -1.70. The molecule has 1 aromatic rings. The lowest BCUT2D eigenvalue weighted by atomic mass is 9.97. The molecule has 8 heteroatoms. The van der Waals surface area contributed by atoms with Gasteiger partial charge in [0.2, 0.25) is 0 Å². The molecule has 106 valence electrons. The van der Waals surface area contributed by atoms with Gasteiger partial charge in [0.15, 0.2) is 5.54 Å². The van der Waals surface area contributed by atoms with E-state index in [2.05, 4.69) is 9.72 Å². The minimum atomic E-state index is -4.50. The van der Waals surface area contributed by atoms with Crippen LogP contribution in [0.5, 0.6) is 0 Å². The van der Waals surface area contributed by atoms with Gasteiger partial charge in [-0.3, -0.25) is 10.3 Å². The summed E-state index contributed by atoms with van der Waals surface area (Å²) in [4.78, 5) is 15.3. The van der Waals surface area contributed by atoms with E-state index in [9.17, 15) is 22.4 Å². The van der Waals surface area contributed by atoms with Crippen LogP contribution in [0.15, 0.2) is 18.3 Å². The van der Waals surface area contributed by atoms with Gasteiger partial charge in [0.1, 0.15) is 5.82 Å². The molecule has 1 atom stereocenters. The van der Waals surface area contributed by atoms with E-state index in [4.69, 9.17) is 0 Å². The third kappa shape index (κ3) is 3.88. The number of nitrogens with one attached hydrogen (secondary N) is 1. The molecule has 0 aliphatic carbocycles. The first-order valence-corrected chi connectivity index (χ1v) is 5.21. The fourth-order valence-electron chi connectivity index (χ4n) is 1.42. The number of methoxy groups -OCH3 is 1. The molecule has 4 nitrogen and oxygen atoms in total. The van der Waals surface area contributed by atoms with Crippen molar-refractivity contribution in [3.8, 4) is 0 Å². The fourth-order valence-corrected chi connectivity index (χ4v) is 1.42. The summed E-state index contributed by atoms with van der Waals surface area (Å²) in [6.45, 7) is -0.220. The fraction of sp³-hybridized carbons (Fsp3) is 0.455. The largest absolute Gasteiger partial charge is 0.467 e. The van der Waals surface area contributed by atoms with Crippen LogP contribution in [0.2, 0.25) is 0 Å². The highest BCUT2D eigenvalue weighted by Gasteiger charge is 2.41. The average molecular weight is 280 g/mol. The summed E-state index contributed by atoms with van der Waals surface area (Å²) < 4.78 is 53.9. The van der Waals surface area contributed by atoms with Gasteiger partial charge in [-0.15, -0.1) is 0 Å². The maximum absolute atomic E-state index is 12.8. The minimum absolute atomic E-state index is 0.0648. The molecule has 0 aliphatic heterocycles. The lowest BCUT2D eigenvalue weighted by Crippen LogP contribution is -2.51. The van der Waals surface area contributed by atoms with Gasteiger partial charge in [0, 0.05) is 0 Å². The standard InChI is InChI=1S/C11H12F4N2O2/c1-10(9(18)19-2,17-6-11(13,14)15)8-4-3-7(12)5-16-8/h3-5,17H,6H2,1-2H3. The number of esters is 1. The van der Waals surface area contributed by atoms with Gasteiger partial charge in [-0.1, -0.05) is 0 Å². The molecule has 1 aromatic heterocycles. The number of alkyl halides is 3. The zero-order valence-corrected chi connectivity index (χ0v) is 10.2. The first kappa shape index (κ1) is 15.4. The molecule has 1 heterocycles. The van der Waals surface area contributed by atoms with Gasteiger partial charge in [0.25, 0.3) is 0 Å². The topological polar surface area (TPSA) is 51.2 Å². The number of nitrogens with zero attached hydrogens (tertiary/aromatic N) is 1. The van der Waals surface area contributed by atoms with Crippen LogP contribution in [0.25, 0.3) is 0 Å². The van der Waals surface area contributed by atoms with Crippen molar-refractivity contribution in [2.45, 2.75) is 18.6 Å². The van der Waals surface area contributed by atoms with Crippen molar-refractivity contribution in [2.75, 3.05) is 13.7 Å². The second-order valence-corrected chi connectivity index (χ2v) is 3.95. The molecule has 0 saturated carbocycles. The Labute approximate surface area is 106 Å². The van der Waals surface area contributed by atoms with Crippen molar-refractivity contribution in [3.05, 3.63) is 29.8 Å². The number of pyridine rings is 1. The molecule has 19 heavy (non-hydrogen) atoms. The van der Waals surface area contributed by atoms with E-state index < -0.39 is 30.0 Å². The normalized spacial score (nSPS) is 14.8. The van der Waals surface area contributed by atoms with E-state index in [1.54, 1.807) is 0 Å². The molecule has 0 fully saturated rings. The van der Waals surface area contributed by atoms with Crippen LogP contribution in [-0.4, -0.2) is 30.8 Å². The van der Waals surface area contributed by atoms with E-state index in [-0.39, 0.29) is 5.69 Å². The van der Waals surface area contributed by atoms with Crippen LogP contribution in [0.1, 0.15) is 12.6 Å². The van der Waals surface area contributed by atoms with Gasteiger partial charge >= 0.3 is 12.1 Å². The minimum Gasteiger partial charge on any atom is -0.467 e.